The maximum Gasteiger partial charge on any atom is 0.214 e. The third-order valence-corrected chi connectivity index (χ3v) is 2.11. The summed E-state index contributed by atoms with van der Waals surface area (Å²) in [7, 11) is 0. The largest absolute Gasteiger partial charge is 0.487 e. The maximum absolute atomic E-state index is 8.96. The summed E-state index contributed by atoms with van der Waals surface area (Å²) in [6, 6.07) is 5.51. The van der Waals surface area contributed by atoms with Crippen LogP contribution >= 0.6 is 0 Å². The lowest BCUT2D eigenvalue weighted by molar-refractivity contribution is 0.231. The fourth-order valence-electron chi connectivity index (χ4n) is 1.28. The summed E-state index contributed by atoms with van der Waals surface area (Å²) in [5.74, 6) is 1.02. The van der Waals surface area contributed by atoms with Crippen LogP contribution < -0.4 is 9.47 Å². The standard InChI is InChI=1S/C12H14N2O2/c1-8(2)15-12-6-5-11(10(7-13)14-12)16-9-3-4-9/h5-6,8-9H,3-4H2,1-2H3. The van der Waals surface area contributed by atoms with Crippen LogP contribution in [0.15, 0.2) is 12.1 Å². The highest BCUT2D eigenvalue weighted by molar-refractivity contribution is 5.40. The SMILES string of the molecule is CC(C)Oc1ccc(OC2CC2)c(C#N)n1. The van der Waals surface area contributed by atoms with Crippen LogP contribution in [0.2, 0.25) is 0 Å². The Morgan fingerprint density at radius 3 is 2.75 bits per heavy atom. The quantitative estimate of drug-likeness (QED) is 0.778. The zero-order valence-electron chi connectivity index (χ0n) is 9.43. The van der Waals surface area contributed by atoms with E-state index in [0.717, 1.165) is 12.8 Å². The molecule has 0 N–H and O–H groups in total. The molecule has 0 amide bonds. The number of nitrogens with zero attached hydrogens (tertiary/aromatic N) is 2. The molecule has 0 aromatic carbocycles. The lowest BCUT2D eigenvalue weighted by Crippen LogP contribution is -2.08. The van der Waals surface area contributed by atoms with Gasteiger partial charge in [-0.05, 0) is 32.8 Å². The third-order valence-electron chi connectivity index (χ3n) is 2.11. The van der Waals surface area contributed by atoms with Crippen molar-refractivity contribution in [3.63, 3.8) is 0 Å². The van der Waals surface area contributed by atoms with Gasteiger partial charge in [0.15, 0.2) is 11.4 Å². The molecule has 0 saturated heterocycles. The van der Waals surface area contributed by atoms with Crippen LogP contribution in [-0.4, -0.2) is 17.2 Å². The number of hydrogen-bond donors (Lipinski definition) is 0. The summed E-state index contributed by atoms with van der Waals surface area (Å²) in [4.78, 5) is 4.10. The average Bonchev–Trinajstić information content (AvgIpc) is 3.03. The minimum absolute atomic E-state index is 0.0502. The summed E-state index contributed by atoms with van der Waals surface area (Å²) in [5.41, 5.74) is 0.296. The smallest absolute Gasteiger partial charge is 0.214 e. The first kappa shape index (κ1) is 10.7. The Balaban J connectivity index is 2.17. The molecular formula is C12H14N2O2. The Bertz CT molecular complexity index is 420. The molecule has 1 aliphatic rings. The van der Waals surface area contributed by atoms with Crippen molar-refractivity contribution >= 4 is 0 Å². The summed E-state index contributed by atoms with van der Waals surface area (Å²) < 4.78 is 11.0. The van der Waals surface area contributed by atoms with E-state index in [9.17, 15) is 0 Å². The van der Waals surface area contributed by atoms with Crippen LogP contribution in [0.3, 0.4) is 0 Å². The van der Waals surface area contributed by atoms with Gasteiger partial charge < -0.3 is 9.47 Å². The molecule has 0 atom stereocenters. The van der Waals surface area contributed by atoms with Crippen LogP contribution in [0.1, 0.15) is 32.4 Å². The summed E-state index contributed by atoms with van der Waals surface area (Å²) in [6.07, 6.45) is 2.45. The Labute approximate surface area is 94.8 Å². The van der Waals surface area contributed by atoms with E-state index in [4.69, 9.17) is 14.7 Å². The van der Waals surface area contributed by atoms with Crippen LogP contribution in [0.5, 0.6) is 11.6 Å². The minimum atomic E-state index is 0.0502. The zero-order valence-corrected chi connectivity index (χ0v) is 9.43. The van der Waals surface area contributed by atoms with Gasteiger partial charge >= 0.3 is 0 Å². The molecule has 2 rings (SSSR count). The first-order valence-corrected chi connectivity index (χ1v) is 5.43. The number of pyridine rings is 1. The van der Waals surface area contributed by atoms with E-state index >= 15 is 0 Å². The molecule has 0 bridgehead atoms. The fourth-order valence-corrected chi connectivity index (χ4v) is 1.28. The topological polar surface area (TPSA) is 55.1 Å². The lowest BCUT2D eigenvalue weighted by Gasteiger charge is -2.10. The highest BCUT2D eigenvalue weighted by Crippen LogP contribution is 2.29. The second-order valence-electron chi connectivity index (χ2n) is 4.09. The van der Waals surface area contributed by atoms with Gasteiger partial charge in [-0.15, -0.1) is 0 Å². The van der Waals surface area contributed by atoms with Gasteiger partial charge in [0.2, 0.25) is 5.88 Å². The highest BCUT2D eigenvalue weighted by atomic mass is 16.5. The van der Waals surface area contributed by atoms with Gasteiger partial charge in [-0.25, -0.2) is 0 Å². The van der Waals surface area contributed by atoms with Crippen molar-refractivity contribution in [1.29, 1.82) is 5.26 Å². The van der Waals surface area contributed by atoms with Gasteiger partial charge in [-0.2, -0.15) is 10.2 Å². The number of nitriles is 1. The van der Waals surface area contributed by atoms with E-state index in [0.29, 0.717) is 17.3 Å². The Morgan fingerprint density at radius 1 is 1.44 bits per heavy atom. The van der Waals surface area contributed by atoms with Gasteiger partial charge in [0.1, 0.15) is 6.07 Å². The molecule has 0 unspecified atom stereocenters. The summed E-state index contributed by atoms with van der Waals surface area (Å²) >= 11 is 0. The van der Waals surface area contributed by atoms with Crippen LogP contribution in [0.4, 0.5) is 0 Å². The molecule has 1 aromatic heterocycles. The normalized spacial score (nSPS) is 14.6. The van der Waals surface area contributed by atoms with Crippen LogP contribution in [0.25, 0.3) is 0 Å². The molecule has 1 heterocycles. The number of rotatable bonds is 4. The molecule has 1 aliphatic carbocycles. The molecule has 4 heteroatoms. The van der Waals surface area contributed by atoms with Crippen molar-refractivity contribution in [3.8, 4) is 17.7 Å². The van der Waals surface area contributed by atoms with Crippen molar-refractivity contribution in [2.24, 2.45) is 0 Å². The minimum Gasteiger partial charge on any atom is -0.487 e. The van der Waals surface area contributed by atoms with E-state index in [-0.39, 0.29) is 12.2 Å². The second kappa shape index (κ2) is 4.40. The number of aromatic nitrogens is 1. The second-order valence-corrected chi connectivity index (χ2v) is 4.09. The first-order chi connectivity index (χ1) is 7.69. The molecule has 0 spiro atoms. The molecule has 0 aliphatic heterocycles. The monoisotopic (exact) mass is 218 g/mol. The van der Waals surface area contributed by atoms with Crippen molar-refractivity contribution < 1.29 is 9.47 Å². The van der Waals surface area contributed by atoms with Gasteiger partial charge in [-0.1, -0.05) is 0 Å². The van der Waals surface area contributed by atoms with E-state index in [1.165, 1.54) is 0 Å². The molecule has 1 fully saturated rings. The predicted octanol–water partition coefficient (Wildman–Crippen LogP) is 2.28. The lowest BCUT2D eigenvalue weighted by atomic mass is 10.3. The first-order valence-electron chi connectivity index (χ1n) is 5.43. The Kier molecular flexibility index (Phi) is 2.95. The van der Waals surface area contributed by atoms with Crippen LogP contribution in [0, 0.1) is 11.3 Å². The zero-order chi connectivity index (χ0) is 11.5. The molecule has 4 nitrogen and oxygen atoms in total. The van der Waals surface area contributed by atoms with Gasteiger partial charge in [0.25, 0.3) is 0 Å². The fraction of sp³-hybridized carbons (Fsp3) is 0.500. The Hall–Kier alpha value is -1.76. The van der Waals surface area contributed by atoms with Crippen molar-refractivity contribution in [1.82, 2.24) is 4.98 Å². The summed E-state index contributed by atoms with van der Waals surface area (Å²) in [6.45, 7) is 3.84. The third kappa shape index (κ3) is 2.63. The molecule has 16 heavy (non-hydrogen) atoms. The van der Waals surface area contributed by atoms with Crippen LogP contribution in [-0.2, 0) is 0 Å². The molecule has 1 saturated carbocycles. The van der Waals surface area contributed by atoms with Crippen molar-refractivity contribution in [3.05, 3.63) is 17.8 Å². The maximum atomic E-state index is 8.96. The molecule has 0 radical (unpaired) electrons. The van der Waals surface area contributed by atoms with Gasteiger partial charge in [-0.3, -0.25) is 0 Å². The summed E-state index contributed by atoms with van der Waals surface area (Å²) in [5, 5.41) is 8.96. The van der Waals surface area contributed by atoms with Crippen molar-refractivity contribution in [2.75, 3.05) is 0 Å². The van der Waals surface area contributed by atoms with E-state index in [2.05, 4.69) is 4.98 Å². The highest BCUT2D eigenvalue weighted by Gasteiger charge is 2.25. The van der Waals surface area contributed by atoms with Gasteiger partial charge in [0, 0.05) is 6.07 Å². The van der Waals surface area contributed by atoms with E-state index in [1.54, 1.807) is 12.1 Å². The van der Waals surface area contributed by atoms with Crippen molar-refractivity contribution in [2.45, 2.75) is 38.9 Å². The Morgan fingerprint density at radius 2 is 2.19 bits per heavy atom. The van der Waals surface area contributed by atoms with E-state index in [1.807, 2.05) is 19.9 Å². The van der Waals surface area contributed by atoms with Gasteiger partial charge in [0.05, 0.1) is 12.2 Å². The number of hydrogen-bond acceptors (Lipinski definition) is 4. The number of ether oxygens (including phenoxy) is 2. The molecule has 84 valence electrons. The molecular weight excluding hydrogens is 204 g/mol. The predicted molar refractivity (Wildman–Crippen MR) is 58.4 cm³/mol. The van der Waals surface area contributed by atoms with E-state index < -0.39 is 0 Å². The average molecular weight is 218 g/mol. The molecule has 1 aromatic rings.